The molecule has 0 unspecified atom stereocenters. The van der Waals surface area contributed by atoms with Gasteiger partial charge in [-0.2, -0.15) is 0 Å². The van der Waals surface area contributed by atoms with Crippen molar-refractivity contribution in [1.29, 1.82) is 0 Å². The molecular weight excluding hydrogens is 384 g/mol. The van der Waals surface area contributed by atoms with E-state index in [-0.39, 0.29) is 17.2 Å². The molecule has 2 aliphatic rings. The van der Waals surface area contributed by atoms with Crippen molar-refractivity contribution in [2.24, 2.45) is 11.8 Å². The van der Waals surface area contributed by atoms with Crippen LogP contribution in [0.5, 0.6) is 0 Å². The third-order valence-corrected chi connectivity index (χ3v) is 5.65. The first-order valence-electron chi connectivity index (χ1n) is 10.2. The quantitative estimate of drug-likeness (QED) is 0.456. The van der Waals surface area contributed by atoms with Gasteiger partial charge in [0.05, 0.1) is 11.8 Å². The number of likely N-dealkylation sites (tertiary alicyclic amines) is 1. The van der Waals surface area contributed by atoms with Crippen LogP contribution in [-0.4, -0.2) is 41.2 Å². The Morgan fingerprint density at radius 1 is 1.07 bits per heavy atom. The largest absolute Gasteiger partial charge is 0.454 e. The number of imide groups is 1. The molecule has 1 fully saturated rings. The number of benzene rings is 1. The summed E-state index contributed by atoms with van der Waals surface area (Å²) in [4.78, 5) is 50.6. The van der Waals surface area contributed by atoms with Crippen molar-refractivity contribution >= 4 is 29.4 Å². The van der Waals surface area contributed by atoms with Gasteiger partial charge in [0.15, 0.2) is 6.61 Å². The van der Waals surface area contributed by atoms with E-state index in [0.29, 0.717) is 18.5 Å². The van der Waals surface area contributed by atoms with Crippen molar-refractivity contribution in [1.82, 2.24) is 4.90 Å². The molecule has 160 valence electrons. The third-order valence-electron chi connectivity index (χ3n) is 5.65. The van der Waals surface area contributed by atoms with Gasteiger partial charge in [0, 0.05) is 5.69 Å². The van der Waals surface area contributed by atoms with E-state index in [0.717, 1.165) is 10.5 Å². The van der Waals surface area contributed by atoms with Gasteiger partial charge in [0.2, 0.25) is 11.8 Å². The highest BCUT2D eigenvalue weighted by Gasteiger charge is 2.50. The molecule has 0 aromatic heterocycles. The minimum atomic E-state index is -1.06. The van der Waals surface area contributed by atoms with Gasteiger partial charge >= 0.3 is 5.97 Å². The Bertz CT molecular complexity index is 856. The zero-order chi connectivity index (χ0) is 22.1. The van der Waals surface area contributed by atoms with E-state index in [1.807, 2.05) is 24.3 Å². The Kier molecular flexibility index (Phi) is 6.10. The van der Waals surface area contributed by atoms with Crippen molar-refractivity contribution < 1.29 is 23.9 Å². The molecule has 0 radical (unpaired) electrons. The molecule has 3 amide bonds. The summed E-state index contributed by atoms with van der Waals surface area (Å²) in [6, 6.07) is 6.39. The number of rotatable bonds is 5. The second-order valence-electron chi connectivity index (χ2n) is 8.86. The van der Waals surface area contributed by atoms with Gasteiger partial charge < -0.3 is 10.1 Å². The van der Waals surface area contributed by atoms with Crippen LogP contribution in [0.25, 0.3) is 0 Å². The van der Waals surface area contributed by atoms with Crippen molar-refractivity contribution in [2.45, 2.75) is 52.0 Å². The first-order chi connectivity index (χ1) is 14.1. The minimum Gasteiger partial charge on any atom is -0.454 e. The summed E-state index contributed by atoms with van der Waals surface area (Å²) in [5.41, 5.74) is 1.74. The molecule has 0 saturated carbocycles. The maximum atomic E-state index is 12.6. The Labute approximate surface area is 176 Å². The molecule has 7 heteroatoms. The molecule has 0 spiro atoms. The van der Waals surface area contributed by atoms with Gasteiger partial charge in [0.1, 0.15) is 6.04 Å². The lowest BCUT2D eigenvalue weighted by atomic mass is 9.85. The Morgan fingerprint density at radius 2 is 1.60 bits per heavy atom. The predicted molar refractivity (Wildman–Crippen MR) is 111 cm³/mol. The van der Waals surface area contributed by atoms with Crippen molar-refractivity contribution in [2.75, 3.05) is 11.9 Å². The molecule has 1 saturated heterocycles. The molecule has 1 N–H and O–H groups in total. The fourth-order valence-corrected chi connectivity index (χ4v) is 3.82. The monoisotopic (exact) mass is 412 g/mol. The first-order valence-corrected chi connectivity index (χ1v) is 10.2. The fraction of sp³-hybridized carbons (Fsp3) is 0.478. The molecule has 3 atom stereocenters. The van der Waals surface area contributed by atoms with E-state index in [9.17, 15) is 19.2 Å². The summed E-state index contributed by atoms with van der Waals surface area (Å²) in [7, 11) is 0. The highest BCUT2D eigenvalue weighted by molar-refractivity contribution is 6.08. The van der Waals surface area contributed by atoms with E-state index >= 15 is 0 Å². The first kappa shape index (κ1) is 21.7. The number of hydrogen-bond donors (Lipinski definition) is 1. The van der Waals surface area contributed by atoms with Crippen molar-refractivity contribution in [3.8, 4) is 0 Å². The van der Waals surface area contributed by atoms with E-state index < -0.39 is 36.4 Å². The average molecular weight is 412 g/mol. The molecule has 1 heterocycles. The van der Waals surface area contributed by atoms with Gasteiger partial charge in [-0.3, -0.25) is 19.3 Å². The van der Waals surface area contributed by atoms with Crippen molar-refractivity contribution in [3.63, 3.8) is 0 Å². The summed E-state index contributed by atoms with van der Waals surface area (Å²) in [5.74, 6) is -2.77. The van der Waals surface area contributed by atoms with Crippen LogP contribution >= 0.6 is 0 Å². The smallest absolute Gasteiger partial charge is 0.329 e. The Balaban J connectivity index is 1.53. The second kappa shape index (κ2) is 8.42. The van der Waals surface area contributed by atoms with E-state index in [4.69, 9.17) is 4.74 Å². The van der Waals surface area contributed by atoms with Crippen LogP contribution in [0.4, 0.5) is 5.69 Å². The lowest BCUT2D eigenvalue weighted by molar-refractivity contribution is -0.159. The van der Waals surface area contributed by atoms with Crippen LogP contribution < -0.4 is 5.32 Å². The number of anilines is 1. The molecule has 3 rings (SSSR count). The SMILES string of the molecule is C[C@@H](C(=O)OCC(=O)Nc1ccc(C(C)(C)C)cc1)N1C(=O)[C@@H]2CC=CC[C@H]2C1=O. The molecule has 0 bridgehead atoms. The summed E-state index contributed by atoms with van der Waals surface area (Å²) in [6.07, 6.45) is 4.78. The highest BCUT2D eigenvalue weighted by Crippen LogP contribution is 2.36. The third kappa shape index (κ3) is 4.45. The van der Waals surface area contributed by atoms with Crippen LogP contribution in [0, 0.1) is 11.8 Å². The van der Waals surface area contributed by atoms with Crippen LogP contribution in [0.2, 0.25) is 0 Å². The summed E-state index contributed by atoms with van der Waals surface area (Å²) in [5, 5.41) is 2.67. The zero-order valence-corrected chi connectivity index (χ0v) is 17.8. The van der Waals surface area contributed by atoms with Gasteiger partial charge in [-0.25, -0.2) is 4.79 Å². The number of carbonyl (C=O) groups excluding carboxylic acids is 4. The molecule has 7 nitrogen and oxygen atoms in total. The number of allylic oxidation sites excluding steroid dienone is 2. The van der Waals surface area contributed by atoms with E-state index in [1.165, 1.54) is 6.92 Å². The number of hydrogen-bond acceptors (Lipinski definition) is 5. The fourth-order valence-electron chi connectivity index (χ4n) is 3.82. The molecule has 30 heavy (non-hydrogen) atoms. The maximum Gasteiger partial charge on any atom is 0.329 e. The molecule has 1 aromatic carbocycles. The second-order valence-corrected chi connectivity index (χ2v) is 8.86. The number of amides is 3. The lowest BCUT2D eigenvalue weighted by Gasteiger charge is -2.21. The predicted octanol–water partition coefficient (Wildman–Crippen LogP) is 2.81. The average Bonchev–Trinajstić information content (AvgIpc) is 2.96. The number of nitrogens with zero attached hydrogens (tertiary/aromatic N) is 1. The normalized spacial score (nSPS) is 21.9. The molecular formula is C23H28N2O5. The summed E-state index contributed by atoms with van der Waals surface area (Å²) in [6.45, 7) is 7.26. The van der Waals surface area contributed by atoms with Gasteiger partial charge in [-0.05, 0) is 42.9 Å². The minimum absolute atomic E-state index is 0.00617. The molecule has 1 aliphatic carbocycles. The van der Waals surface area contributed by atoms with Gasteiger partial charge in [-0.1, -0.05) is 45.1 Å². The summed E-state index contributed by atoms with van der Waals surface area (Å²) >= 11 is 0. The van der Waals surface area contributed by atoms with Crippen LogP contribution in [0.15, 0.2) is 36.4 Å². The number of esters is 1. The number of carbonyl (C=O) groups is 4. The molecule has 1 aromatic rings. The zero-order valence-electron chi connectivity index (χ0n) is 17.8. The summed E-state index contributed by atoms with van der Waals surface area (Å²) < 4.78 is 5.07. The topological polar surface area (TPSA) is 92.8 Å². The standard InChI is InChI=1S/C23H28N2O5/c1-14(25-20(27)17-7-5-6-8-18(17)21(25)28)22(29)30-13-19(26)24-16-11-9-15(10-12-16)23(2,3)4/h5-6,9-12,14,17-18H,7-8,13H2,1-4H3,(H,24,26)/t14-,17+,18+/m0/s1. The Morgan fingerprint density at radius 3 is 2.10 bits per heavy atom. The number of nitrogens with one attached hydrogen (secondary N) is 1. The maximum absolute atomic E-state index is 12.6. The Hall–Kier alpha value is -2.96. The number of ether oxygens (including phenoxy) is 1. The highest BCUT2D eigenvalue weighted by atomic mass is 16.5. The molecule has 1 aliphatic heterocycles. The van der Waals surface area contributed by atoms with Crippen LogP contribution in [0.1, 0.15) is 46.1 Å². The van der Waals surface area contributed by atoms with E-state index in [2.05, 4.69) is 26.1 Å². The van der Waals surface area contributed by atoms with Crippen LogP contribution in [-0.2, 0) is 29.3 Å². The van der Waals surface area contributed by atoms with Crippen LogP contribution in [0.3, 0.4) is 0 Å². The number of fused-ring (bicyclic) bond motifs is 1. The lowest BCUT2D eigenvalue weighted by Crippen LogP contribution is -2.45. The van der Waals surface area contributed by atoms with Gasteiger partial charge in [-0.15, -0.1) is 0 Å². The van der Waals surface area contributed by atoms with Crippen molar-refractivity contribution in [3.05, 3.63) is 42.0 Å². The van der Waals surface area contributed by atoms with Gasteiger partial charge in [0.25, 0.3) is 5.91 Å². The van der Waals surface area contributed by atoms with E-state index in [1.54, 1.807) is 12.1 Å².